The van der Waals surface area contributed by atoms with Crippen molar-refractivity contribution in [2.45, 2.75) is 23.9 Å². The average Bonchev–Trinajstić information content (AvgIpc) is 3.32. The second-order valence-corrected chi connectivity index (χ2v) is 14.2. The van der Waals surface area contributed by atoms with Crippen molar-refractivity contribution >= 4 is 49.9 Å². The summed E-state index contributed by atoms with van der Waals surface area (Å²) in [5, 5.41) is 3.54. The summed E-state index contributed by atoms with van der Waals surface area (Å²) in [7, 11) is -0.894. The predicted molar refractivity (Wildman–Crippen MR) is 186 cm³/mol. The molecule has 1 unspecified atom stereocenters. The molecule has 1 aromatic heterocycles. The molecule has 12 heteroatoms. The van der Waals surface area contributed by atoms with Crippen molar-refractivity contribution in [3.05, 3.63) is 105 Å². The molecule has 0 radical (unpaired) electrons. The van der Waals surface area contributed by atoms with Gasteiger partial charge in [0.05, 0.1) is 19.4 Å². The Hall–Kier alpha value is -3.72. The number of rotatable bonds is 10. The van der Waals surface area contributed by atoms with Gasteiger partial charge in [-0.1, -0.05) is 24.3 Å². The number of benzene rings is 3. The molecular formula is C34H36IN5O5S. The third-order valence-corrected chi connectivity index (χ3v) is 10.9. The summed E-state index contributed by atoms with van der Waals surface area (Å²) in [6.45, 7) is 6.22. The number of hydrogen-bond donors (Lipinski definition) is 1. The zero-order valence-electron chi connectivity index (χ0n) is 25.9. The average molecular weight is 754 g/mol. The van der Waals surface area contributed by atoms with Gasteiger partial charge in [-0.05, 0) is 96.7 Å². The number of methoxy groups -OCH3 is 1. The lowest BCUT2D eigenvalue weighted by Crippen LogP contribution is -2.52. The van der Waals surface area contributed by atoms with Crippen LogP contribution in [0.25, 0.3) is 0 Å². The third kappa shape index (κ3) is 5.72. The Balaban J connectivity index is 1.50. The number of likely N-dealkylation sites (N-methyl/N-ethyl adjacent to an activating group) is 1. The van der Waals surface area contributed by atoms with Gasteiger partial charge in [-0.15, -0.1) is 0 Å². The maximum absolute atomic E-state index is 15.1. The number of fused-ring (bicyclic) bond motifs is 1. The van der Waals surface area contributed by atoms with E-state index >= 15 is 4.79 Å². The number of halogens is 1. The Morgan fingerprint density at radius 2 is 1.74 bits per heavy atom. The van der Waals surface area contributed by atoms with Gasteiger partial charge in [-0.3, -0.25) is 10.1 Å². The van der Waals surface area contributed by atoms with E-state index in [9.17, 15) is 8.42 Å². The smallest absolute Gasteiger partial charge is 0.274 e. The summed E-state index contributed by atoms with van der Waals surface area (Å²) >= 11 is 2.18. The van der Waals surface area contributed by atoms with Gasteiger partial charge in [0.15, 0.2) is 5.54 Å². The summed E-state index contributed by atoms with van der Waals surface area (Å²) in [5.41, 5.74) is 1.58. The fourth-order valence-electron chi connectivity index (χ4n) is 6.15. The van der Waals surface area contributed by atoms with Crippen LogP contribution in [0.3, 0.4) is 0 Å². The van der Waals surface area contributed by atoms with Crippen LogP contribution < -0.4 is 24.0 Å². The minimum atomic E-state index is -4.43. The molecule has 4 aromatic rings. The maximum Gasteiger partial charge on any atom is 0.274 e. The fourth-order valence-corrected chi connectivity index (χ4v) is 8.27. The quantitative estimate of drug-likeness (QED) is 0.233. The summed E-state index contributed by atoms with van der Waals surface area (Å²) in [5.74, 6) is -0.289. The van der Waals surface area contributed by atoms with E-state index in [0.717, 1.165) is 45.3 Å². The summed E-state index contributed by atoms with van der Waals surface area (Å²) in [6.07, 6.45) is 1.60. The summed E-state index contributed by atoms with van der Waals surface area (Å²) < 4.78 is 42.0. The van der Waals surface area contributed by atoms with Crippen LogP contribution in [0.5, 0.6) is 11.6 Å². The molecule has 0 saturated carbocycles. The zero-order chi connectivity index (χ0) is 32.5. The van der Waals surface area contributed by atoms with Crippen LogP contribution in [0.1, 0.15) is 23.6 Å². The molecule has 240 valence electrons. The van der Waals surface area contributed by atoms with E-state index in [1.807, 2.05) is 25.1 Å². The topological polar surface area (TPSA) is 104 Å². The van der Waals surface area contributed by atoms with Crippen LogP contribution in [0.15, 0.2) is 90.0 Å². The second kappa shape index (κ2) is 13.2. The zero-order valence-corrected chi connectivity index (χ0v) is 28.9. The monoisotopic (exact) mass is 753 g/mol. The first kappa shape index (κ1) is 32.2. The fraction of sp³-hybridized carbons (Fsp3) is 0.294. The minimum Gasteiger partial charge on any atom is -0.495 e. The van der Waals surface area contributed by atoms with Crippen LogP contribution in [0, 0.1) is 3.57 Å². The standard InChI is InChI=1S/C34H36IN5O5S/c1-4-45-32-27(11-8-16-36-32)34(37-23-24-9-7-10-26(21-24)39-19-17-38(2)18-20-39)28-22-25(35)14-15-29(28)40(33(34)41)46(42,43)31-13-6-5-12-30(31)44-3/h5-16,21-22,37H,4,17-20,23H2,1-3H3. The molecule has 0 bridgehead atoms. The second-order valence-electron chi connectivity index (χ2n) is 11.2. The van der Waals surface area contributed by atoms with Gasteiger partial charge in [-0.2, -0.15) is 0 Å². The highest BCUT2D eigenvalue weighted by Crippen LogP contribution is 2.50. The van der Waals surface area contributed by atoms with Crippen LogP contribution >= 0.6 is 22.6 Å². The van der Waals surface area contributed by atoms with E-state index in [2.05, 4.69) is 61.9 Å². The number of sulfonamides is 1. The molecule has 3 aromatic carbocycles. The number of piperazine rings is 1. The Bertz CT molecular complexity index is 1860. The maximum atomic E-state index is 15.1. The number of carbonyl (C=O) groups excluding carboxylic acids is 1. The van der Waals surface area contributed by atoms with Gasteiger partial charge in [0, 0.05) is 59.3 Å². The largest absolute Gasteiger partial charge is 0.495 e. The van der Waals surface area contributed by atoms with E-state index in [-0.39, 0.29) is 28.8 Å². The van der Waals surface area contributed by atoms with Gasteiger partial charge in [0.2, 0.25) is 5.88 Å². The number of aromatic nitrogens is 1. The first-order chi connectivity index (χ1) is 22.2. The van der Waals surface area contributed by atoms with Gasteiger partial charge < -0.3 is 19.3 Å². The van der Waals surface area contributed by atoms with E-state index in [1.165, 1.54) is 13.2 Å². The van der Waals surface area contributed by atoms with Crippen LogP contribution in [0.4, 0.5) is 11.4 Å². The molecule has 3 heterocycles. The van der Waals surface area contributed by atoms with Crippen LogP contribution in [-0.2, 0) is 26.9 Å². The Kier molecular flexibility index (Phi) is 9.24. The van der Waals surface area contributed by atoms with E-state index in [1.54, 1.807) is 48.7 Å². The Morgan fingerprint density at radius 1 is 0.957 bits per heavy atom. The van der Waals surface area contributed by atoms with Gasteiger partial charge in [0.1, 0.15) is 10.6 Å². The van der Waals surface area contributed by atoms with Crippen molar-refractivity contribution in [3.8, 4) is 11.6 Å². The number of carbonyl (C=O) groups is 1. The van der Waals surface area contributed by atoms with E-state index in [4.69, 9.17) is 9.47 Å². The lowest BCUT2D eigenvalue weighted by atomic mass is 9.84. The first-order valence-electron chi connectivity index (χ1n) is 15.1. The van der Waals surface area contributed by atoms with E-state index in [0.29, 0.717) is 17.7 Å². The highest BCUT2D eigenvalue weighted by Gasteiger charge is 2.57. The van der Waals surface area contributed by atoms with E-state index < -0.39 is 21.5 Å². The van der Waals surface area contributed by atoms with Crippen LogP contribution in [-0.4, -0.2) is 71.2 Å². The van der Waals surface area contributed by atoms with Crippen molar-refractivity contribution in [3.63, 3.8) is 0 Å². The number of ether oxygens (including phenoxy) is 2. The molecule has 10 nitrogen and oxygen atoms in total. The van der Waals surface area contributed by atoms with Gasteiger partial charge in [0.25, 0.3) is 15.9 Å². The van der Waals surface area contributed by atoms with Crippen molar-refractivity contribution in [2.24, 2.45) is 0 Å². The molecule has 0 aliphatic carbocycles. The summed E-state index contributed by atoms with van der Waals surface area (Å²) in [6, 6.07) is 23.4. The molecule has 46 heavy (non-hydrogen) atoms. The highest BCUT2D eigenvalue weighted by molar-refractivity contribution is 14.1. The Labute approximate surface area is 283 Å². The summed E-state index contributed by atoms with van der Waals surface area (Å²) in [4.78, 5) is 24.1. The number of anilines is 2. The number of amides is 1. The highest BCUT2D eigenvalue weighted by atomic mass is 127. The molecule has 1 amide bonds. The van der Waals surface area contributed by atoms with Crippen molar-refractivity contribution in [2.75, 3.05) is 56.1 Å². The number of pyridine rings is 1. The van der Waals surface area contributed by atoms with Gasteiger partial charge >= 0.3 is 0 Å². The molecule has 0 spiro atoms. The van der Waals surface area contributed by atoms with Crippen molar-refractivity contribution in [1.82, 2.24) is 15.2 Å². The normalized spacial score (nSPS) is 18.5. The lowest BCUT2D eigenvalue weighted by molar-refractivity contribution is -0.121. The Morgan fingerprint density at radius 3 is 2.50 bits per heavy atom. The molecule has 2 aliphatic heterocycles. The minimum absolute atomic E-state index is 0.109. The number of nitrogens with one attached hydrogen (secondary N) is 1. The van der Waals surface area contributed by atoms with Crippen molar-refractivity contribution in [1.29, 1.82) is 0 Å². The number of para-hydroxylation sites is 1. The lowest BCUT2D eigenvalue weighted by Gasteiger charge is -2.34. The SMILES string of the molecule is CCOc1ncccc1C1(NCc2cccc(N3CCN(C)CC3)c2)C(=O)N(S(=O)(=O)c2ccccc2OC)c2ccc(I)cc21. The molecule has 1 saturated heterocycles. The van der Waals surface area contributed by atoms with Crippen LogP contribution in [0.2, 0.25) is 0 Å². The number of nitrogens with zero attached hydrogens (tertiary/aromatic N) is 4. The predicted octanol–water partition coefficient (Wildman–Crippen LogP) is 4.61. The molecule has 1 N–H and O–H groups in total. The van der Waals surface area contributed by atoms with Crippen molar-refractivity contribution < 1.29 is 22.7 Å². The molecule has 1 atom stereocenters. The first-order valence-corrected chi connectivity index (χ1v) is 17.6. The molecule has 2 aliphatic rings. The number of hydrogen-bond acceptors (Lipinski definition) is 9. The molecule has 6 rings (SSSR count). The molecule has 1 fully saturated rings. The van der Waals surface area contributed by atoms with Gasteiger partial charge in [-0.25, -0.2) is 17.7 Å². The third-order valence-electron chi connectivity index (χ3n) is 8.47. The molecular weight excluding hydrogens is 717 g/mol.